The molecular weight excluding hydrogens is 254 g/mol. The maximum atomic E-state index is 12.0. The van der Waals surface area contributed by atoms with Crippen LogP contribution in [0.2, 0.25) is 0 Å². The van der Waals surface area contributed by atoms with Crippen molar-refractivity contribution in [1.82, 2.24) is 14.9 Å². The quantitative estimate of drug-likeness (QED) is 0.886. The Morgan fingerprint density at radius 3 is 2.90 bits per heavy atom. The van der Waals surface area contributed by atoms with Gasteiger partial charge in [0.2, 0.25) is 5.91 Å². The molecule has 20 heavy (non-hydrogen) atoms. The van der Waals surface area contributed by atoms with E-state index in [2.05, 4.69) is 10.3 Å². The van der Waals surface area contributed by atoms with Gasteiger partial charge in [-0.25, -0.2) is 4.98 Å². The number of carbonyl (C=O) groups is 1. The van der Waals surface area contributed by atoms with Crippen LogP contribution in [0.1, 0.15) is 25.7 Å². The molecule has 2 aromatic rings. The number of imidazole rings is 1. The van der Waals surface area contributed by atoms with E-state index in [1.165, 1.54) is 0 Å². The van der Waals surface area contributed by atoms with E-state index in [0.29, 0.717) is 6.54 Å². The molecule has 0 unspecified atom stereocenters. The minimum Gasteiger partial charge on any atom is -0.388 e. The largest absolute Gasteiger partial charge is 0.388 e. The lowest BCUT2D eigenvalue weighted by molar-refractivity contribution is -0.122. The molecule has 5 nitrogen and oxygen atoms in total. The summed E-state index contributed by atoms with van der Waals surface area (Å²) in [6, 6.07) is 7.72. The number of nitrogens with one attached hydrogen (secondary N) is 1. The number of benzene rings is 1. The van der Waals surface area contributed by atoms with Crippen molar-refractivity contribution in [2.45, 2.75) is 37.8 Å². The van der Waals surface area contributed by atoms with Gasteiger partial charge in [-0.15, -0.1) is 0 Å². The predicted octanol–water partition coefficient (Wildman–Crippen LogP) is 1.46. The predicted molar refractivity (Wildman–Crippen MR) is 76.2 cm³/mol. The third-order valence-corrected chi connectivity index (χ3v) is 3.99. The van der Waals surface area contributed by atoms with E-state index < -0.39 is 5.60 Å². The Kier molecular flexibility index (Phi) is 3.44. The van der Waals surface area contributed by atoms with Crippen molar-refractivity contribution < 1.29 is 9.90 Å². The van der Waals surface area contributed by atoms with Gasteiger partial charge in [0.25, 0.3) is 0 Å². The van der Waals surface area contributed by atoms with Gasteiger partial charge in [-0.05, 0) is 25.0 Å². The topological polar surface area (TPSA) is 67.2 Å². The number of aliphatic hydroxyl groups is 1. The molecule has 1 aromatic carbocycles. The molecule has 1 fully saturated rings. The monoisotopic (exact) mass is 273 g/mol. The first-order valence-corrected chi connectivity index (χ1v) is 7.05. The second kappa shape index (κ2) is 5.25. The first-order chi connectivity index (χ1) is 9.66. The van der Waals surface area contributed by atoms with Crippen LogP contribution in [-0.4, -0.2) is 32.7 Å². The Hall–Kier alpha value is -1.88. The Labute approximate surface area is 117 Å². The average Bonchev–Trinajstić information content (AvgIpc) is 3.05. The molecule has 0 saturated heterocycles. The van der Waals surface area contributed by atoms with Gasteiger partial charge in [-0.1, -0.05) is 25.0 Å². The van der Waals surface area contributed by atoms with Crippen molar-refractivity contribution in [2.75, 3.05) is 6.54 Å². The standard InChI is InChI=1S/C15H19N3O2/c19-14(16-10-15(20)7-3-4-8-15)9-18-11-17-12-5-1-2-6-13(12)18/h1-2,5-6,11,20H,3-4,7-10H2,(H,16,19). The van der Waals surface area contributed by atoms with Crippen LogP contribution in [0, 0.1) is 0 Å². The molecule has 106 valence electrons. The van der Waals surface area contributed by atoms with Crippen LogP contribution in [0.3, 0.4) is 0 Å². The lowest BCUT2D eigenvalue weighted by Gasteiger charge is -2.22. The van der Waals surface area contributed by atoms with Gasteiger partial charge in [0.15, 0.2) is 0 Å². The molecule has 1 aromatic heterocycles. The molecule has 2 N–H and O–H groups in total. The molecular formula is C15H19N3O2. The van der Waals surface area contributed by atoms with Crippen molar-refractivity contribution in [3.8, 4) is 0 Å². The van der Waals surface area contributed by atoms with Crippen molar-refractivity contribution in [3.63, 3.8) is 0 Å². The number of aromatic nitrogens is 2. The highest BCUT2D eigenvalue weighted by Gasteiger charge is 2.31. The normalized spacial score (nSPS) is 17.4. The maximum absolute atomic E-state index is 12.0. The number of amides is 1. The fourth-order valence-corrected chi connectivity index (χ4v) is 2.82. The Morgan fingerprint density at radius 2 is 2.10 bits per heavy atom. The summed E-state index contributed by atoms with van der Waals surface area (Å²) in [6.07, 6.45) is 5.31. The number of carbonyl (C=O) groups excluding carboxylic acids is 1. The summed E-state index contributed by atoms with van der Waals surface area (Å²) >= 11 is 0. The van der Waals surface area contributed by atoms with Crippen LogP contribution < -0.4 is 5.32 Å². The highest BCUT2D eigenvalue weighted by atomic mass is 16.3. The first kappa shape index (κ1) is 13.1. The minimum absolute atomic E-state index is 0.0894. The number of hydrogen-bond donors (Lipinski definition) is 2. The van der Waals surface area contributed by atoms with Crippen molar-refractivity contribution in [2.24, 2.45) is 0 Å². The molecule has 0 spiro atoms. The van der Waals surface area contributed by atoms with Crippen LogP contribution in [0.4, 0.5) is 0 Å². The average molecular weight is 273 g/mol. The highest BCUT2D eigenvalue weighted by molar-refractivity contribution is 5.80. The van der Waals surface area contributed by atoms with Gasteiger partial charge >= 0.3 is 0 Å². The van der Waals surface area contributed by atoms with Crippen molar-refractivity contribution in [1.29, 1.82) is 0 Å². The third-order valence-electron chi connectivity index (χ3n) is 3.99. The Morgan fingerprint density at radius 1 is 1.35 bits per heavy atom. The van der Waals surface area contributed by atoms with E-state index in [9.17, 15) is 9.90 Å². The molecule has 5 heteroatoms. The second-order valence-electron chi connectivity index (χ2n) is 5.57. The summed E-state index contributed by atoms with van der Waals surface area (Å²) in [5.41, 5.74) is 1.13. The van der Waals surface area contributed by atoms with Gasteiger partial charge in [0.1, 0.15) is 6.54 Å². The summed E-state index contributed by atoms with van der Waals surface area (Å²) in [7, 11) is 0. The molecule has 0 radical (unpaired) electrons. The lowest BCUT2D eigenvalue weighted by atomic mass is 10.0. The van der Waals surface area contributed by atoms with E-state index in [4.69, 9.17) is 0 Å². The molecule has 1 amide bonds. The molecule has 3 rings (SSSR count). The van der Waals surface area contributed by atoms with Crippen LogP contribution in [0.15, 0.2) is 30.6 Å². The SMILES string of the molecule is O=C(Cn1cnc2ccccc21)NCC1(O)CCCC1. The van der Waals surface area contributed by atoms with E-state index >= 15 is 0 Å². The van der Waals surface area contributed by atoms with Crippen molar-refractivity contribution >= 4 is 16.9 Å². The molecule has 1 heterocycles. The highest BCUT2D eigenvalue weighted by Crippen LogP contribution is 2.28. The summed E-state index contributed by atoms with van der Waals surface area (Å²) < 4.78 is 1.82. The molecule has 1 aliphatic rings. The Balaban J connectivity index is 1.61. The molecule has 0 bridgehead atoms. The number of para-hydroxylation sites is 2. The summed E-state index contributed by atoms with van der Waals surface area (Å²) in [4.78, 5) is 16.2. The maximum Gasteiger partial charge on any atom is 0.240 e. The molecule has 1 aliphatic carbocycles. The van der Waals surface area contributed by atoms with E-state index in [0.717, 1.165) is 36.7 Å². The zero-order valence-electron chi connectivity index (χ0n) is 11.4. The minimum atomic E-state index is -0.702. The summed E-state index contributed by atoms with van der Waals surface area (Å²) in [5, 5.41) is 13.0. The van der Waals surface area contributed by atoms with Gasteiger partial charge in [-0.3, -0.25) is 4.79 Å². The number of fused-ring (bicyclic) bond motifs is 1. The summed E-state index contributed by atoms with van der Waals surface area (Å²) in [6.45, 7) is 0.578. The zero-order chi connectivity index (χ0) is 14.0. The third kappa shape index (κ3) is 2.67. The van der Waals surface area contributed by atoms with Gasteiger partial charge in [0, 0.05) is 6.54 Å². The number of nitrogens with zero attached hydrogens (tertiary/aromatic N) is 2. The fourth-order valence-electron chi connectivity index (χ4n) is 2.82. The van der Waals surface area contributed by atoms with E-state index in [1.807, 2.05) is 28.8 Å². The number of rotatable bonds is 4. The fraction of sp³-hybridized carbons (Fsp3) is 0.467. The second-order valence-corrected chi connectivity index (χ2v) is 5.57. The molecule has 0 atom stereocenters. The van der Waals surface area contributed by atoms with Gasteiger partial charge < -0.3 is 15.0 Å². The first-order valence-electron chi connectivity index (χ1n) is 7.05. The van der Waals surface area contributed by atoms with Crippen LogP contribution in [0.5, 0.6) is 0 Å². The zero-order valence-corrected chi connectivity index (χ0v) is 11.4. The molecule has 1 saturated carbocycles. The lowest BCUT2D eigenvalue weighted by Crippen LogP contribution is -2.41. The number of hydrogen-bond acceptors (Lipinski definition) is 3. The van der Waals surface area contributed by atoms with E-state index in [1.54, 1.807) is 6.33 Å². The van der Waals surface area contributed by atoms with Crippen LogP contribution >= 0.6 is 0 Å². The summed E-state index contributed by atoms with van der Waals surface area (Å²) in [5.74, 6) is -0.0894. The Bertz CT molecular complexity index is 614. The molecule has 0 aliphatic heterocycles. The van der Waals surface area contributed by atoms with Gasteiger partial charge in [-0.2, -0.15) is 0 Å². The smallest absolute Gasteiger partial charge is 0.240 e. The van der Waals surface area contributed by atoms with Gasteiger partial charge in [0.05, 0.1) is 23.0 Å². The van der Waals surface area contributed by atoms with Crippen LogP contribution in [0.25, 0.3) is 11.0 Å². The van der Waals surface area contributed by atoms with Crippen LogP contribution in [-0.2, 0) is 11.3 Å². The van der Waals surface area contributed by atoms with Crippen molar-refractivity contribution in [3.05, 3.63) is 30.6 Å². The van der Waals surface area contributed by atoms with E-state index in [-0.39, 0.29) is 12.5 Å².